The van der Waals surface area contributed by atoms with Crippen LogP contribution in [-0.2, 0) is 0 Å². The Balaban J connectivity index is 1.61. The number of hydrogen-bond acceptors (Lipinski definition) is 3. The Morgan fingerprint density at radius 2 is 1.10 bits per heavy atom. The zero-order valence-corrected chi connectivity index (χ0v) is 23.9. The lowest BCUT2D eigenvalue weighted by Gasteiger charge is -2.35. The van der Waals surface area contributed by atoms with Gasteiger partial charge in [0.1, 0.15) is 0 Å². The van der Waals surface area contributed by atoms with E-state index in [-0.39, 0.29) is 0 Å². The molecule has 0 bridgehead atoms. The van der Waals surface area contributed by atoms with Crippen molar-refractivity contribution in [3.63, 3.8) is 0 Å². The van der Waals surface area contributed by atoms with Crippen molar-refractivity contribution in [2.24, 2.45) is 0 Å². The minimum absolute atomic E-state index is 1.000. The van der Waals surface area contributed by atoms with E-state index in [4.69, 9.17) is 0 Å². The van der Waals surface area contributed by atoms with Crippen LogP contribution in [0.1, 0.15) is 0 Å². The number of hydrogen-bond donors (Lipinski definition) is 2. The molecule has 6 rings (SSSR count). The van der Waals surface area contributed by atoms with Gasteiger partial charge in [0.05, 0.1) is 17.1 Å². The van der Waals surface area contributed by atoms with Gasteiger partial charge in [0.15, 0.2) is 8.07 Å². The van der Waals surface area contributed by atoms with E-state index in [1.807, 2.05) is 24.6 Å². The highest BCUT2D eigenvalue weighted by molar-refractivity contribution is 9.10. The molecule has 1 aliphatic rings. The fraction of sp³-hybridized carbons (Fsp3) is 0. The lowest BCUT2D eigenvalue weighted by molar-refractivity contribution is 0.889. The number of rotatable bonds is 5. The van der Waals surface area contributed by atoms with E-state index in [0.717, 1.165) is 21.5 Å². The van der Waals surface area contributed by atoms with Gasteiger partial charge in [0, 0.05) is 16.9 Å². The predicted octanol–water partition coefficient (Wildman–Crippen LogP) is 5.92. The molecule has 0 fully saturated rings. The highest BCUT2D eigenvalue weighted by Gasteiger charge is 2.41. The quantitative estimate of drug-likeness (QED) is 0.198. The second-order valence-electron chi connectivity index (χ2n) is 9.39. The summed E-state index contributed by atoms with van der Waals surface area (Å²) in [5.74, 6) is 0. The smallest absolute Gasteiger partial charge is 0.179 e. The van der Waals surface area contributed by atoms with Crippen molar-refractivity contribution >= 4 is 61.8 Å². The van der Waals surface area contributed by atoms with Crippen molar-refractivity contribution in [2.45, 2.75) is 0 Å². The molecule has 0 radical (unpaired) electrons. The first kappa shape index (κ1) is 25.0. The monoisotopic (exact) mass is 585 g/mol. The third-order valence-corrected chi connectivity index (χ3v) is 12.4. The van der Waals surface area contributed by atoms with Gasteiger partial charge in [0.25, 0.3) is 0 Å². The zero-order chi connectivity index (χ0) is 26.5. The molecule has 0 unspecified atom stereocenters. The first-order chi connectivity index (χ1) is 19.3. The molecule has 0 amide bonds. The number of halogens is 1. The number of allylic oxidation sites excluding steroid dienone is 2. The van der Waals surface area contributed by atoms with Crippen molar-refractivity contribution in [3.05, 3.63) is 162 Å². The van der Waals surface area contributed by atoms with Crippen LogP contribution >= 0.6 is 15.9 Å². The van der Waals surface area contributed by atoms with Crippen LogP contribution in [0.3, 0.4) is 0 Å². The predicted molar refractivity (Wildman–Crippen MR) is 171 cm³/mol. The molecule has 5 aromatic rings. The van der Waals surface area contributed by atoms with Gasteiger partial charge in [-0.1, -0.05) is 119 Å². The molecule has 39 heavy (non-hydrogen) atoms. The fourth-order valence-electron chi connectivity index (χ4n) is 5.41. The van der Waals surface area contributed by atoms with Crippen molar-refractivity contribution in [1.29, 1.82) is 0 Å². The van der Waals surface area contributed by atoms with Crippen LogP contribution in [0.25, 0.3) is 0 Å². The summed E-state index contributed by atoms with van der Waals surface area (Å²) in [5, 5.41) is 11.0. The molecule has 3 nitrogen and oxygen atoms in total. The summed E-state index contributed by atoms with van der Waals surface area (Å²) in [7, 11) is -2.64. The minimum atomic E-state index is -2.64. The first-order valence-electron chi connectivity index (χ1n) is 13.0. The maximum Gasteiger partial charge on any atom is 0.179 e. The van der Waals surface area contributed by atoms with E-state index in [0.29, 0.717) is 0 Å². The molecule has 5 heteroatoms. The van der Waals surface area contributed by atoms with Crippen LogP contribution in [0.4, 0.5) is 17.1 Å². The van der Waals surface area contributed by atoms with Crippen LogP contribution in [-0.4, -0.2) is 8.07 Å². The van der Waals surface area contributed by atoms with Gasteiger partial charge in [-0.2, -0.15) is 0 Å². The average Bonchev–Trinajstić information content (AvgIpc) is 3.10. The SMILES string of the molecule is Brc1ccc2c(c1)N/C=C\C=C/NN2c1cccc([Si](c2ccccc2)(c2ccccc2)c2ccccc2)c1. The van der Waals surface area contributed by atoms with Gasteiger partial charge in [-0.3, -0.25) is 5.01 Å². The molecule has 0 aromatic heterocycles. The van der Waals surface area contributed by atoms with Crippen LogP contribution in [0, 0.1) is 0 Å². The Kier molecular flexibility index (Phi) is 7.17. The Bertz CT molecular complexity index is 1520. The molecule has 1 aliphatic heterocycles. The number of benzene rings is 5. The van der Waals surface area contributed by atoms with Gasteiger partial charge in [-0.25, -0.2) is 0 Å². The molecule has 5 aromatic carbocycles. The molecule has 190 valence electrons. The van der Waals surface area contributed by atoms with Crippen molar-refractivity contribution in [3.8, 4) is 0 Å². The Labute approximate surface area is 239 Å². The van der Waals surface area contributed by atoms with Gasteiger partial charge in [0.2, 0.25) is 0 Å². The summed E-state index contributed by atoms with van der Waals surface area (Å²) >= 11 is 3.63. The molecular formula is C34H28BrN3Si. The molecule has 0 atom stereocenters. The number of anilines is 3. The van der Waals surface area contributed by atoms with E-state index in [9.17, 15) is 0 Å². The summed E-state index contributed by atoms with van der Waals surface area (Å²) in [6, 6.07) is 48.3. The highest BCUT2D eigenvalue weighted by Crippen LogP contribution is 2.33. The number of nitrogens with one attached hydrogen (secondary N) is 2. The largest absolute Gasteiger partial charge is 0.360 e. The van der Waals surface area contributed by atoms with Gasteiger partial charge in [-0.05, 0) is 63.2 Å². The van der Waals surface area contributed by atoms with Crippen molar-refractivity contribution in [1.82, 2.24) is 5.43 Å². The van der Waals surface area contributed by atoms with E-state index < -0.39 is 8.07 Å². The van der Waals surface area contributed by atoms with Crippen LogP contribution in [0.15, 0.2) is 162 Å². The molecule has 0 saturated carbocycles. The Morgan fingerprint density at radius 3 is 1.72 bits per heavy atom. The number of nitrogens with zero attached hydrogens (tertiary/aromatic N) is 1. The lowest BCUT2D eigenvalue weighted by atomic mass is 10.2. The standard InChI is InChI=1S/C34H28BrN3Si/c35-27-21-22-34-33(25-27)36-23-10-11-24-37-38(34)28-13-12-20-32(26-28)39(29-14-4-1-5-15-29,30-16-6-2-7-17-30)31-18-8-3-9-19-31/h1-26,36-37H/b23-10-,24-11-. The normalized spacial score (nSPS) is 14.5. The molecule has 0 aliphatic carbocycles. The first-order valence-corrected chi connectivity index (χ1v) is 15.8. The van der Waals surface area contributed by atoms with E-state index in [1.54, 1.807) is 0 Å². The molecular weight excluding hydrogens is 558 g/mol. The molecule has 1 heterocycles. The summed E-state index contributed by atoms with van der Waals surface area (Å²) < 4.78 is 1.02. The minimum Gasteiger partial charge on any atom is -0.360 e. The Morgan fingerprint density at radius 1 is 0.538 bits per heavy atom. The summed E-state index contributed by atoms with van der Waals surface area (Å²) in [4.78, 5) is 0. The van der Waals surface area contributed by atoms with Crippen molar-refractivity contribution < 1.29 is 0 Å². The lowest BCUT2D eigenvalue weighted by Crippen LogP contribution is -2.74. The number of hydrazine groups is 1. The summed E-state index contributed by atoms with van der Waals surface area (Å²) in [6.45, 7) is 0. The molecule has 2 N–H and O–H groups in total. The average molecular weight is 587 g/mol. The van der Waals surface area contributed by atoms with E-state index in [2.05, 4.69) is 165 Å². The molecule has 0 spiro atoms. The fourth-order valence-corrected chi connectivity index (χ4v) is 10.6. The Hall–Kier alpha value is -4.32. The van der Waals surface area contributed by atoms with Gasteiger partial charge in [-0.15, -0.1) is 0 Å². The second-order valence-corrected chi connectivity index (χ2v) is 14.1. The van der Waals surface area contributed by atoms with Crippen LogP contribution in [0.2, 0.25) is 0 Å². The topological polar surface area (TPSA) is 27.3 Å². The van der Waals surface area contributed by atoms with E-state index in [1.165, 1.54) is 20.7 Å². The molecule has 0 saturated heterocycles. The van der Waals surface area contributed by atoms with Crippen molar-refractivity contribution in [2.75, 3.05) is 10.3 Å². The maximum atomic E-state index is 3.63. The van der Waals surface area contributed by atoms with Gasteiger partial charge >= 0.3 is 0 Å². The van der Waals surface area contributed by atoms with Gasteiger partial charge < -0.3 is 10.7 Å². The van der Waals surface area contributed by atoms with Crippen LogP contribution in [0.5, 0.6) is 0 Å². The third-order valence-electron chi connectivity index (χ3n) is 7.10. The van der Waals surface area contributed by atoms with Crippen LogP contribution < -0.4 is 36.5 Å². The maximum absolute atomic E-state index is 3.63. The third kappa shape index (κ3) is 4.83. The highest BCUT2D eigenvalue weighted by atomic mass is 79.9. The second kappa shape index (κ2) is 11.2. The number of fused-ring (bicyclic) bond motifs is 1. The zero-order valence-electron chi connectivity index (χ0n) is 21.3. The summed E-state index contributed by atoms with van der Waals surface area (Å²) in [5.41, 5.74) is 6.60. The summed E-state index contributed by atoms with van der Waals surface area (Å²) in [6.07, 6.45) is 7.87. The van der Waals surface area contributed by atoms with E-state index >= 15 is 0 Å².